The Kier molecular flexibility index (Phi) is 6.33. The molecule has 0 rings (SSSR count). The molecule has 1 nitrogen and oxygen atoms in total. The van der Waals surface area contributed by atoms with Crippen LogP contribution in [0.2, 0.25) is 0 Å². The molecule has 0 amide bonds. The molecule has 10 heavy (non-hydrogen) atoms. The lowest BCUT2D eigenvalue weighted by Crippen LogP contribution is -2.09. The van der Waals surface area contributed by atoms with Crippen molar-refractivity contribution in [2.24, 2.45) is 0 Å². The van der Waals surface area contributed by atoms with Crippen LogP contribution < -0.4 is 0 Å². The summed E-state index contributed by atoms with van der Waals surface area (Å²) in [6.45, 7) is 5.82. The SMILES string of the molecule is CCSC(SCC)C(C)=O. The zero-order valence-electron chi connectivity index (χ0n) is 6.72. The third-order valence-corrected chi connectivity index (χ3v) is 3.72. The number of thioether (sulfide) groups is 2. The van der Waals surface area contributed by atoms with Gasteiger partial charge in [0.15, 0.2) is 5.78 Å². The van der Waals surface area contributed by atoms with Gasteiger partial charge in [0.05, 0.1) is 0 Å². The summed E-state index contributed by atoms with van der Waals surface area (Å²) in [6, 6.07) is 0. The number of carbonyl (C=O) groups is 1. The molecule has 60 valence electrons. The summed E-state index contributed by atoms with van der Waals surface area (Å²) in [5.41, 5.74) is 0. The lowest BCUT2D eigenvalue weighted by molar-refractivity contribution is -0.115. The minimum absolute atomic E-state index is 0.176. The first-order chi connectivity index (χ1) is 4.72. The fourth-order valence-corrected chi connectivity index (χ4v) is 2.86. The number of hydrogen-bond acceptors (Lipinski definition) is 3. The molecule has 0 aliphatic heterocycles. The van der Waals surface area contributed by atoms with Gasteiger partial charge < -0.3 is 0 Å². The number of carbonyl (C=O) groups excluding carboxylic acids is 1. The summed E-state index contributed by atoms with van der Waals surface area (Å²) >= 11 is 3.44. The van der Waals surface area contributed by atoms with Gasteiger partial charge in [0.2, 0.25) is 0 Å². The van der Waals surface area contributed by atoms with Crippen LogP contribution in [0.25, 0.3) is 0 Å². The highest BCUT2D eigenvalue weighted by Crippen LogP contribution is 2.23. The second-order valence-electron chi connectivity index (χ2n) is 1.85. The lowest BCUT2D eigenvalue weighted by Gasteiger charge is -2.09. The Morgan fingerprint density at radius 1 is 1.30 bits per heavy atom. The largest absolute Gasteiger partial charge is 0.298 e. The van der Waals surface area contributed by atoms with Gasteiger partial charge in [0, 0.05) is 0 Å². The second-order valence-corrected chi connectivity index (χ2v) is 4.92. The molecule has 0 saturated heterocycles. The molecule has 0 aliphatic carbocycles. The molecule has 0 heterocycles. The first-order valence-corrected chi connectivity index (χ1v) is 5.55. The van der Waals surface area contributed by atoms with Crippen LogP contribution in [0.3, 0.4) is 0 Å². The molecule has 0 aliphatic rings. The summed E-state index contributed by atoms with van der Waals surface area (Å²) in [7, 11) is 0. The number of rotatable bonds is 5. The van der Waals surface area contributed by atoms with Crippen LogP contribution in [0.1, 0.15) is 20.8 Å². The Hall–Kier alpha value is 0.370. The Morgan fingerprint density at radius 3 is 1.90 bits per heavy atom. The van der Waals surface area contributed by atoms with E-state index in [1.54, 1.807) is 30.4 Å². The van der Waals surface area contributed by atoms with E-state index < -0.39 is 0 Å². The van der Waals surface area contributed by atoms with Gasteiger partial charge in [-0.1, -0.05) is 13.8 Å². The topological polar surface area (TPSA) is 17.1 Å². The molecule has 3 heteroatoms. The van der Waals surface area contributed by atoms with Crippen molar-refractivity contribution >= 4 is 29.3 Å². The Labute approximate surface area is 71.3 Å². The number of hydrogen-bond donors (Lipinski definition) is 0. The van der Waals surface area contributed by atoms with Crippen molar-refractivity contribution in [3.63, 3.8) is 0 Å². The van der Waals surface area contributed by atoms with E-state index in [0.29, 0.717) is 5.78 Å². The van der Waals surface area contributed by atoms with Gasteiger partial charge in [0.25, 0.3) is 0 Å². The standard InChI is InChI=1S/C7H14OS2/c1-4-9-7(6(3)8)10-5-2/h7H,4-5H2,1-3H3. The van der Waals surface area contributed by atoms with Crippen molar-refractivity contribution in [2.45, 2.75) is 25.4 Å². The summed E-state index contributed by atoms with van der Waals surface area (Å²) in [6.07, 6.45) is 0. The van der Waals surface area contributed by atoms with Crippen molar-refractivity contribution in [1.29, 1.82) is 0 Å². The molecule has 0 unspecified atom stereocenters. The maximum atomic E-state index is 10.9. The average molecular weight is 178 g/mol. The predicted molar refractivity (Wildman–Crippen MR) is 50.7 cm³/mol. The normalized spacial score (nSPS) is 10.4. The average Bonchev–Trinajstić information content (AvgIpc) is 1.87. The van der Waals surface area contributed by atoms with E-state index in [-0.39, 0.29) is 4.58 Å². The number of ketones is 1. The molecule has 0 atom stereocenters. The summed E-state index contributed by atoms with van der Waals surface area (Å²) < 4.78 is 0.176. The van der Waals surface area contributed by atoms with E-state index in [4.69, 9.17) is 0 Å². The molecular weight excluding hydrogens is 164 g/mol. The van der Waals surface area contributed by atoms with E-state index in [1.165, 1.54) is 0 Å². The zero-order valence-corrected chi connectivity index (χ0v) is 8.35. The Morgan fingerprint density at radius 2 is 1.70 bits per heavy atom. The van der Waals surface area contributed by atoms with Crippen LogP contribution in [0, 0.1) is 0 Å². The molecule has 0 aromatic heterocycles. The van der Waals surface area contributed by atoms with Gasteiger partial charge in [0.1, 0.15) is 4.58 Å². The molecule has 0 N–H and O–H groups in total. The maximum Gasteiger partial charge on any atom is 0.152 e. The van der Waals surface area contributed by atoms with Gasteiger partial charge in [-0.15, -0.1) is 23.5 Å². The predicted octanol–water partition coefficient (Wildman–Crippen LogP) is 2.41. The first-order valence-electron chi connectivity index (χ1n) is 3.46. The number of Topliss-reactive ketones (excluding diaryl/α,β-unsaturated/α-hetero) is 1. The van der Waals surface area contributed by atoms with Crippen molar-refractivity contribution in [3.8, 4) is 0 Å². The first kappa shape index (κ1) is 10.4. The van der Waals surface area contributed by atoms with E-state index in [1.807, 2.05) is 0 Å². The fraction of sp³-hybridized carbons (Fsp3) is 0.857. The van der Waals surface area contributed by atoms with Crippen LogP contribution in [0.15, 0.2) is 0 Å². The zero-order chi connectivity index (χ0) is 7.98. The van der Waals surface area contributed by atoms with Crippen LogP contribution in [-0.2, 0) is 4.79 Å². The molecule has 0 saturated carbocycles. The summed E-state index contributed by atoms with van der Waals surface area (Å²) in [5.74, 6) is 2.34. The maximum absolute atomic E-state index is 10.9. The van der Waals surface area contributed by atoms with Gasteiger partial charge >= 0.3 is 0 Å². The minimum Gasteiger partial charge on any atom is -0.298 e. The van der Waals surface area contributed by atoms with E-state index in [9.17, 15) is 4.79 Å². The highest BCUT2D eigenvalue weighted by Gasteiger charge is 2.11. The van der Waals surface area contributed by atoms with Gasteiger partial charge in [-0.2, -0.15) is 0 Å². The Balaban J connectivity index is 3.61. The summed E-state index contributed by atoms with van der Waals surface area (Å²) in [4.78, 5) is 10.9. The summed E-state index contributed by atoms with van der Waals surface area (Å²) in [5, 5.41) is 0. The third kappa shape index (κ3) is 4.23. The van der Waals surface area contributed by atoms with Gasteiger partial charge in [-0.3, -0.25) is 4.79 Å². The van der Waals surface area contributed by atoms with E-state index >= 15 is 0 Å². The minimum atomic E-state index is 0.176. The molecule has 0 bridgehead atoms. The molecule has 0 aromatic rings. The second kappa shape index (κ2) is 6.10. The lowest BCUT2D eigenvalue weighted by atomic mass is 10.5. The molecule has 0 fully saturated rings. The van der Waals surface area contributed by atoms with Crippen LogP contribution in [0.5, 0.6) is 0 Å². The van der Waals surface area contributed by atoms with Crippen molar-refractivity contribution in [2.75, 3.05) is 11.5 Å². The van der Waals surface area contributed by atoms with Crippen LogP contribution in [-0.4, -0.2) is 21.9 Å². The monoisotopic (exact) mass is 178 g/mol. The van der Waals surface area contributed by atoms with Crippen LogP contribution in [0.4, 0.5) is 0 Å². The van der Waals surface area contributed by atoms with Crippen molar-refractivity contribution in [3.05, 3.63) is 0 Å². The smallest absolute Gasteiger partial charge is 0.152 e. The van der Waals surface area contributed by atoms with Gasteiger partial charge in [-0.25, -0.2) is 0 Å². The molecule has 0 radical (unpaired) electrons. The van der Waals surface area contributed by atoms with Crippen molar-refractivity contribution in [1.82, 2.24) is 0 Å². The van der Waals surface area contributed by atoms with Crippen LogP contribution >= 0.6 is 23.5 Å². The van der Waals surface area contributed by atoms with Gasteiger partial charge in [-0.05, 0) is 18.4 Å². The fourth-order valence-electron chi connectivity index (χ4n) is 0.586. The van der Waals surface area contributed by atoms with E-state index in [2.05, 4.69) is 13.8 Å². The highest BCUT2D eigenvalue weighted by atomic mass is 32.2. The third-order valence-electron chi connectivity index (χ3n) is 0.968. The Bertz CT molecular complexity index is 97.8. The molecular formula is C7H14OS2. The molecule has 0 aromatic carbocycles. The highest BCUT2D eigenvalue weighted by molar-refractivity contribution is 8.18. The van der Waals surface area contributed by atoms with E-state index in [0.717, 1.165) is 11.5 Å². The quantitative estimate of drug-likeness (QED) is 0.602. The van der Waals surface area contributed by atoms with Crippen molar-refractivity contribution < 1.29 is 4.79 Å². The molecule has 0 spiro atoms.